The summed E-state index contributed by atoms with van der Waals surface area (Å²) in [5, 5.41) is 8.38. The van der Waals surface area contributed by atoms with Gasteiger partial charge in [0.2, 0.25) is 11.9 Å². The van der Waals surface area contributed by atoms with E-state index in [1.165, 1.54) is 6.42 Å². The van der Waals surface area contributed by atoms with Gasteiger partial charge in [0.15, 0.2) is 5.69 Å². The van der Waals surface area contributed by atoms with Crippen LogP contribution in [0.5, 0.6) is 0 Å². The first-order valence-corrected chi connectivity index (χ1v) is 12.6. The lowest BCUT2D eigenvalue weighted by atomic mass is 9.84. The second kappa shape index (κ2) is 12.4. The summed E-state index contributed by atoms with van der Waals surface area (Å²) < 4.78 is 40.2. The molecule has 1 aromatic carbocycles. The lowest BCUT2D eigenvalue weighted by Gasteiger charge is -2.27. The van der Waals surface area contributed by atoms with Crippen molar-refractivity contribution in [1.82, 2.24) is 19.9 Å². The Hall–Kier alpha value is -4.07. The summed E-state index contributed by atoms with van der Waals surface area (Å²) in [4.78, 5) is 25.2. The smallest absolute Gasteiger partial charge is 0.358 e. The van der Waals surface area contributed by atoms with Crippen molar-refractivity contribution in [2.45, 2.75) is 57.3 Å². The van der Waals surface area contributed by atoms with E-state index in [9.17, 15) is 18.0 Å². The van der Waals surface area contributed by atoms with Crippen molar-refractivity contribution in [1.29, 1.82) is 0 Å². The standard InChI is InChI=1S/C27H30F3N7O/c1-31-21-11-9-20(10-12-21)17-32-25(38)22(15-19-7-3-2-4-8-19)34-23-16-24(37-13-5-6-14-37)36-26(35-23)33-18-27(28,29)30/h5-6,9-14,16,19,22H,2-4,7-8,15,17-18H2,(H,32,38)(H2,33,34,35,36)/t22-/m1/s1. The Kier molecular flexibility index (Phi) is 8.84. The average Bonchev–Trinajstić information content (AvgIpc) is 3.46. The minimum Gasteiger partial charge on any atom is -0.358 e. The Labute approximate surface area is 219 Å². The van der Waals surface area contributed by atoms with Crippen molar-refractivity contribution < 1.29 is 18.0 Å². The molecule has 8 nitrogen and oxygen atoms in total. The molecule has 2 aromatic heterocycles. The largest absolute Gasteiger partial charge is 0.405 e. The third-order valence-corrected chi connectivity index (χ3v) is 6.49. The van der Waals surface area contributed by atoms with Gasteiger partial charge >= 0.3 is 6.18 Å². The van der Waals surface area contributed by atoms with Crippen LogP contribution in [0.25, 0.3) is 10.7 Å². The molecule has 3 aromatic rings. The Morgan fingerprint density at radius 1 is 1.11 bits per heavy atom. The number of rotatable bonds is 10. The highest BCUT2D eigenvalue weighted by molar-refractivity contribution is 5.84. The van der Waals surface area contributed by atoms with Gasteiger partial charge in [0.05, 0.1) is 6.57 Å². The van der Waals surface area contributed by atoms with Gasteiger partial charge in [-0.25, -0.2) is 4.85 Å². The number of nitrogens with zero attached hydrogens (tertiary/aromatic N) is 4. The molecule has 1 aliphatic rings. The molecule has 0 radical (unpaired) electrons. The number of carbonyl (C=O) groups is 1. The molecule has 1 atom stereocenters. The summed E-state index contributed by atoms with van der Waals surface area (Å²) in [5.74, 6) is 0.571. The van der Waals surface area contributed by atoms with E-state index in [1.807, 2.05) is 0 Å². The minimum absolute atomic E-state index is 0.187. The first-order valence-electron chi connectivity index (χ1n) is 12.6. The molecular formula is C27H30F3N7O. The van der Waals surface area contributed by atoms with Crippen molar-refractivity contribution in [2.75, 3.05) is 17.2 Å². The van der Waals surface area contributed by atoms with E-state index < -0.39 is 18.8 Å². The fourth-order valence-corrected chi connectivity index (χ4v) is 4.55. The second-order valence-corrected chi connectivity index (χ2v) is 9.43. The van der Waals surface area contributed by atoms with Crippen LogP contribution in [0.15, 0.2) is 54.9 Å². The number of anilines is 2. The number of hydrogen-bond acceptors (Lipinski definition) is 5. The molecule has 11 heteroatoms. The molecule has 38 heavy (non-hydrogen) atoms. The highest BCUT2D eigenvalue weighted by Crippen LogP contribution is 2.29. The third-order valence-electron chi connectivity index (χ3n) is 6.49. The highest BCUT2D eigenvalue weighted by Gasteiger charge is 2.28. The summed E-state index contributed by atoms with van der Waals surface area (Å²) in [6, 6.07) is 11.5. The maximum absolute atomic E-state index is 13.3. The van der Waals surface area contributed by atoms with Crippen LogP contribution < -0.4 is 16.0 Å². The Morgan fingerprint density at radius 2 is 1.82 bits per heavy atom. The molecule has 0 aliphatic heterocycles. The van der Waals surface area contributed by atoms with Crippen molar-refractivity contribution in [3.05, 3.63) is 71.8 Å². The number of nitrogens with one attached hydrogen (secondary N) is 3. The van der Waals surface area contributed by atoms with Crippen LogP contribution in [-0.4, -0.2) is 39.2 Å². The van der Waals surface area contributed by atoms with Crippen LogP contribution in [0.3, 0.4) is 0 Å². The van der Waals surface area contributed by atoms with E-state index in [-0.39, 0.29) is 24.2 Å². The third kappa shape index (κ3) is 7.96. The lowest BCUT2D eigenvalue weighted by molar-refractivity contribution is -0.122. The topological polar surface area (TPSA) is 88.2 Å². The average molecular weight is 526 g/mol. The quantitative estimate of drug-likeness (QED) is 0.289. The molecule has 0 unspecified atom stereocenters. The lowest BCUT2D eigenvalue weighted by Crippen LogP contribution is -2.41. The minimum atomic E-state index is -4.43. The number of amides is 1. The number of aromatic nitrogens is 3. The van der Waals surface area contributed by atoms with Crippen LogP contribution in [0, 0.1) is 12.5 Å². The molecular weight excluding hydrogens is 495 g/mol. The maximum atomic E-state index is 13.3. The van der Waals surface area contributed by atoms with Crippen molar-refractivity contribution in [2.24, 2.45) is 5.92 Å². The van der Waals surface area contributed by atoms with Gasteiger partial charge in [-0.3, -0.25) is 4.79 Å². The first-order chi connectivity index (χ1) is 18.3. The summed E-state index contributed by atoms with van der Waals surface area (Å²) in [6.45, 7) is 6.09. The SMILES string of the molecule is [C-]#[N+]c1ccc(CNC(=O)[C@@H](CC2CCCCC2)Nc2cc(-n3cccc3)nc(NCC(F)(F)F)n2)cc1. The zero-order valence-electron chi connectivity index (χ0n) is 20.8. The van der Waals surface area contributed by atoms with Gasteiger partial charge in [0.1, 0.15) is 24.2 Å². The number of alkyl halides is 3. The second-order valence-electron chi connectivity index (χ2n) is 9.43. The van der Waals surface area contributed by atoms with Crippen molar-refractivity contribution >= 4 is 23.4 Å². The first kappa shape index (κ1) is 27.0. The fourth-order valence-electron chi connectivity index (χ4n) is 4.55. The molecule has 1 amide bonds. The molecule has 0 bridgehead atoms. The van der Waals surface area contributed by atoms with E-state index >= 15 is 0 Å². The van der Waals surface area contributed by atoms with Gasteiger partial charge in [-0.05, 0) is 30.0 Å². The monoisotopic (exact) mass is 525 g/mol. The number of benzene rings is 1. The maximum Gasteiger partial charge on any atom is 0.405 e. The number of carbonyl (C=O) groups excluding carboxylic acids is 1. The van der Waals surface area contributed by atoms with E-state index in [1.54, 1.807) is 59.4 Å². The molecule has 0 saturated heterocycles. The molecule has 0 spiro atoms. The predicted molar refractivity (Wildman–Crippen MR) is 139 cm³/mol. The molecule has 3 N–H and O–H groups in total. The van der Waals surface area contributed by atoms with Gasteiger partial charge in [-0.15, -0.1) is 0 Å². The van der Waals surface area contributed by atoms with Crippen LogP contribution in [0.4, 0.5) is 30.6 Å². The highest BCUT2D eigenvalue weighted by atomic mass is 19.4. The van der Waals surface area contributed by atoms with Crippen molar-refractivity contribution in [3.63, 3.8) is 0 Å². The molecule has 4 rings (SSSR count). The molecule has 2 heterocycles. The predicted octanol–water partition coefficient (Wildman–Crippen LogP) is 5.86. The van der Waals surface area contributed by atoms with Crippen LogP contribution >= 0.6 is 0 Å². The molecule has 200 valence electrons. The zero-order chi connectivity index (χ0) is 27.0. The zero-order valence-corrected chi connectivity index (χ0v) is 20.8. The van der Waals surface area contributed by atoms with E-state index in [0.29, 0.717) is 23.8 Å². The van der Waals surface area contributed by atoms with Crippen LogP contribution in [0.2, 0.25) is 0 Å². The van der Waals surface area contributed by atoms with Gasteiger partial charge in [0, 0.05) is 25.0 Å². The van der Waals surface area contributed by atoms with Crippen LogP contribution in [-0.2, 0) is 11.3 Å². The number of halogens is 3. The Balaban J connectivity index is 1.54. The van der Waals surface area contributed by atoms with Gasteiger partial charge < -0.3 is 20.5 Å². The Bertz CT molecular complexity index is 1230. The molecule has 1 saturated carbocycles. The number of hydrogen-bond donors (Lipinski definition) is 3. The summed E-state index contributed by atoms with van der Waals surface area (Å²) >= 11 is 0. The summed E-state index contributed by atoms with van der Waals surface area (Å²) in [6.07, 6.45) is 5.07. The molecule has 1 aliphatic carbocycles. The van der Waals surface area contributed by atoms with Gasteiger partial charge in [0.25, 0.3) is 0 Å². The normalized spacial score (nSPS) is 14.9. The van der Waals surface area contributed by atoms with Crippen LogP contribution in [0.1, 0.15) is 44.1 Å². The van der Waals surface area contributed by atoms with E-state index in [2.05, 4.69) is 30.8 Å². The molecule has 1 fully saturated rings. The summed E-state index contributed by atoms with van der Waals surface area (Å²) in [5.41, 5.74) is 1.38. The fraction of sp³-hybridized carbons (Fsp3) is 0.407. The van der Waals surface area contributed by atoms with E-state index in [0.717, 1.165) is 31.2 Å². The van der Waals surface area contributed by atoms with Crippen molar-refractivity contribution in [3.8, 4) is 5.82 Å². The summed E-state index contributed by atoms with van der Waals surface area (Å²) in [7, 11) is 0. The Morgan fingerprint density at radius 3 is 2.47 bits per heavy atom. The van der Waals surface area contributed by atoms with E-state index in [4.69, 9.17) is 6.57 Å². The van der Waals surface area contributed by atoms with Gasteiger partial charge in [-0.2, -0.15) is 23.1 Å². The van der Waals surface area contributed by atoms with Gasteiger partial charge in [-0.1, -0.05) is 56.4 Å².